The molecule has 1 unspecified atom stereocenters. The molecule has 9 heteroatoms. The van der Waals surface area contributed by atoms with Gasteiger partial charge < -0.3 is 14.4 Å². The molecular formula is C30H31F2N5O2. The molecule has 1 aliphatic heterocycles. The van der Waals surface area contributed by atoms with E-state index in [0.717, 1.165) is 38.9 Å². The second-order valence-electron chi connectivity index (χ2n) is 10.9. The summed E-state index contributed by atoms with van der Waals surface area (Å²) in [6, 6.07) is 11.1. The molecule has 1 atom stereocenters. The molecule has 7 nitrogen and oxygen atoms in total. The molecule has 1 N–H and O–H groups in total. The van der Waals surface area contributed by atoms with Crippen molar-refractivity contribution in [2.24, 2.45) is 13.0 Å². The molecule has 0 amide bonds. The van der Waals surface area contributed by atoms with Crippen molar-refractivity contribution in [1.29, 1.82) is 0 Å². The van der Waals surface area contributed by atoms with E-state index in [1.165, 1.54) is 18.2 Å². The van der Waals surface area contributed by atoms with Crippen molar-refractivity contribution >= 4 is 21.9 Å². The molecule has 0 bridgehead atoms. The fourth-order valence-electron chi connectivity index (χ4n) is 5.97. The lowest BCUT2D eigenvalue weighted by Gasteiger charge is -2.33. The fraction of sp³-hybridized carbons (Fsp3) is 0.367. The van der Waals surface area contributed by atoms with Gasteiger partial charge in [0.15, 0.2) is 0 Å². The number of rotatable bonds is 5. The molecule has 0 saturated carbocycles. The van der Waals surface area contributed by atoms with Gasteiger partial charge in [-0.25, -0.2) is 13.5 Å². The van der Waals surface area contributed by atoms with E-state index in [1.807, 2.05) is 42.8 Å². The number of nitrogens with zero attached hydrogens (tertiary/aromatic N) is 5. The van der Waals surface area contributed by atoms with Crippen LogP contribution in [0.3, 0.4) is 0 Å². The highest BCUT2D eigenvalue weighted by molar-refractivity contribution is 6.07. The molecule has 0 aliphatic carbocycles. The molecular weight excluding hydrogens is 500 g/mol. The zero-order valence-corrected chi connectivity index (χ0v) is 22.4. The first-order valence-corrected chi connectivity index (χ1v) is 13.2. The standard InChI is InChI=1S/C30H31F2N5O2/c1-17-28(36(4)35-34-17)19-14-25-27(33-16-19)21-9-8-20(30(2,3)38)15-24(21)37(25)29(18-10-12-39-13-11-18)26-22(31)6-5-7-23(26)32/h5-9,14-16,18,29,38H,10-13H2,1-4H3. The van der Waals surface area contributed by atoms with Gasteiger partial charge in [-0.2, -0.15) is 0 Å². The average Bonchev–Trinajstić information content (AvgIpc) is 3.41. The van der Waals surface area contributed by atoms with Crippen molar-refractivity contribution in [1.82, 2.24) is 24.5 Å². The lowest BCUT2D eigenvalue weighted by molar-refractivity contribution is 0.0543. The third-order valence-corrected chi connectivity index (χ3v) is 7.90. The molecule has 39 heavy (non-hydrogen) atoms. The van der Waals surface area contributed by atoms with Gasteiger partial charge in [0.2, 0.25) is 0 Å². The first kappa shape index (κ1) is 25.6. The highest BCUT2D eigenvalue weighted by Crippen LogP contribution is 2.43. The van der Waals surface area contributed by atoms with Gasteiger partial charge in [0.25, 0.3) is 0 Å². The SMILES string of the molecule is Cc1nnn(C)c1-c1cnc2c3ccc(C(C)(C)O)cc3n(C(c3c(F)cccc3F)C3CCOCC3)c2c1. The number of aromatic nitrogens is 5. The molecule has 1 aliphatic rings. The molecule has 1 saturated heterocycles. The minimum atomic E-state index is -1.11. The van der Waals surface area contributed by atoms with E-state index in [9.17, 15) is 5.11 Å². The Morgan fingerprint density at radius 3 is 2.41 bits per heavy atom. The van der Waals surface area contributed by atoms with Crippen molar-refractivity contribution < 1.29 is 18.6 Å². The van der Waals surface area contributed by atoms with Crippen molar-refractivity contribution in [2.45, 2.75) is 45.3 Å². The summed E-state index contributed by atoms with van der Waals surface area (Å²) in [6.07, 6.45) is 3.10. The van der Waals surface area contributed by atoms with Crippen molar-refractivity contribution in [3.05, 3.63) is 77.1 Å². The van der Waals surface area contributed by atoms with Gasteiger partial charge in [-0.3, -0.25) is 4.98 Å². The maximum atomic E-state index is 15.6. The van der Waals surface area contributed by atoms with Crippen LogP contribution in [0.4, 0.5) is 8.78 Å². The van der Waals surface area contributed by atoms with Crippen LogP contribution in [0.1, 0.15) is 49.6 Å². The maximum absolute atomic E-state index is 15.6. The maximum Gasteiger partial charge on any atom is 0.131 e. The highest BCUT2D eigenvalue weighted by atomic mass is 19.1. The number of halogens is 2. The van der Waals surface area contributed by atoms with Crippen molar-refractivity contribution in [2.75, 3.05) is 13.2 Å². The number of benzene rings is 2. The van der Waals surface area contributed by atoms with Crippen LogP contribution in [0.5, 0.6) is 0 Å². The number of aryl methyl sites for hydroxylation is 2. The predicted molar refractivity (Wildman–Crippen MR) is 145 cm³/mol. The predicted octanol–water partition coefficient (Wildman–Crippen LogP) is 5.82. The van der Waals surface area contributed by atoms with E-state index in [1.54, 1.807) is 24.7 Å². The Morgan fingerprint density at radius 1 is 1.05 bits per heavy atom. The Kier molecular flexibility index (Phi) is 6.23. The molecule has 4 heterocycles. The smallest absolute Gasteiger partial charge is 0.131 e. The Hall–Kier alpha value is -3.69. The van der Waals surface area contributed by atoms with Gasteiger partial charge in [0.1, 0.15) is 11.6 Å². The van der Waals surface area contributed by atoms with Gasteiger partial charge in [-0.1, -0.05) is 23.4 Å². The number of fused-ring (bicyclic) bond motifs is 3. The van der Waals surface area contributed by atoms with E-state index < -0.39 is 23.3 Å². The summed E-state index contributed by atoms with van der Waals surface area (Å²) < 4.78 is 40.5. The lowest BCUT2D eigenvalue weighted by Crippen LogP contribution is -2.28. The molecule has 5 aromatic rings. The Balaban J connectivity index is 1.73. The molecule has 3 aromatic heterocycles. The lowest BCUT2D eigenvalue weighted by atomic mass is 9.86. The average molecular weight is 532 g/mol. The number of hydrogen-bond donors (Lipinski definition) is 1. The largest absolute Gasteiger partial charge is 0.386 e. The van der Waals surface area contributed by atoms with Crippen molar-refractivity contribution in [3.63, 3.8) is 0 Å². The number of aliphatic hydroxyl groups is 1. The molecule has 0 radical (unpaired) electrons. The van der Waals surface area contributed by atoms with E-state index >= 15 is 8.78 Å². The number of hydrogen-bond acceptors (Lipinski definition) is 5. The molecule has 2 aromatic carbocycles. The van der Waals surface area contributed by atoms with E-state index in [4.69, 9.17) is 9.72 Å². The van der Waals surface area contributed by atoms with Gasteiger partial charge in [-0.15, -0.1) is 5.10 Å². The quantitative estimate of drug-likeness (QED) is 0.310. The normalized spacial score (nSPS) is 15.9. The minimum absolute atomic E-state index is 0.0284. The van der Waals surface area contributed by atoms with E-state index in [0.29, 0.717) is 31.6 Å². The third-order valence-electron chi connectivity index (χ3n) is 7.90. The summed E-state index contributed by atoms with van der Waals surface area (Å²) in [6.45, 7) is 6.38. The summed E-state index contributed by atoms with van der Waals surface area (Å²) in [4.78, 5) is 4.86. The first-order valence-electron chi connectivity index (χ1n) is 13.2. The van der Waals surface area contributed by atoms with Crippen LogP contribution in [-0.2, 0) is 17.4 Å². The summed E-state index contributed by atoms with van der Waals surface area (Å²) >= 11 is 0. The molecule has 6 rings (SSSR count). The fourth-order valence-corrected chi connectivity index (χ4v) is 5.97. The van der Waals surface area contributed by atoms with Crippen LogP contribution in [-0.4, -0.2) is 42.9 Å². The minimum Gasteiger partial charge on any atom is -0.386 e. The van der Waals surface area contributed by atoms with Gasteiger partial charge in [-0.05, 0) is 69.4 Å². The second kappa shape index (κ2) is 9.50. The van der Waals surface area contributed by atoms with Crippen LogP contribution in [0.25, 0.3) is 33.2 Å². The number of pyridine rings is 1. The summed E-state index contributed by atoms with van der Waals surface area (Å²) in [5.74, 6) is -1.26. The van der Waals surface area contributed by atoms with Gasteiger partial charge in [0.05, 0.1) is 39.6 Å². The van der Waals surface area contributed by atoms with Gasteiger partial charge in [0, 0.05) is 43.0 Å². The Bertz CT molecular complexity index is 1660. The van der Waals surface area contributed by atoms with Crippen LogP contribution in [0.15, 0.2) is 48.7 Å². The van der Waals surface area contributed by atoms with E-state index in [-0.39, 0.29) is 11.5 Å². The van der Waals surface area contributed by atoms with Crippen LogP contribution >= 0.6 is 0 Å². The summed E-state index contributed by atoms with van der Waals surface area (Å²) in [5.41, 5.74) is 4.22. The molecule has 202 valence electrons. The molecule has 0 spiro atoms. The summed E-state index contributed by atoms with van der Waals surface area (Å²) in [5, 5.41) is 20.0. The Morgan fingerprint density at radius 2 is 1.77 bits per heavy atom. The first-order chi connectivity index (χ1) is 18.6. The monoisotopic (exact) mass is 531 g/mol. The van der Waals surface area contributed by atoms with Crippen LogP contribution < -0.4 is 0 Å². The summed E-state index contributed by atoms with van der Waals surface area (Å²) in [7, 11) is 1.82. The van der Waals surface area contributed by atoms with Crippen molar-refractivity contribution in [3.8, 4) is 11.3 Å². The number of ether oxygens (including phenoxy) is 1. The van der Waals surface area contributed by atoms with Crippen LogP contribution in [0.2, 0.25) is 0 Å². The Labute approximate surface area is 225 Å². The van der Waals surface area contributed by atoms with Crippen LogP contribution in [0, 0.1) is 24.5 Å². The van der Waals surface area contributed by atoms with E-state index in [2.05, 4.69) is 10.3 Å². The third kappa shape index (κ3) is 4.30. The van der Waals surface area contributed by atoms with Gasteiger partial charge >= 0.3 is 0 Å². The highest BCUT2D eigenvalue weighted by Gasteiger charge is 2.34. The topological polar surface area (TPSA) is 78.0 Å². The zero-order chi connectivity index (χ0) is 27.5. The zero-order valence-electron chi connectivity index (χ0n) is 22.4. The molecule has 1 fully saturated rings. The second-order valence-corrected chi connectivity index (χ2v) is 10.9.